The smallest absolute Gasteiger partial charge is 0.265 e. The Labute approximate surface area is 169 Å². The topological polar surface area (TPSA) is 134 Å². The molecule has 0 unspecified atom stereocenters. The summed E-state index contributed by atoms with van der Waals surface area (Å²) in [5.74, 6) is -0.514. The second-order valence-electron chi connectivity index (χ2n) is 6.10. The Balaban J connectivity index is 1.70. The maximum absolute atomic E-state index is 12.1. The summed E-state index contributed by atoms with van der Waals surface area (Å²) in [6.07, 6.45) is 1.12. The molecule has 0 saturated carbocycles. The highest BCUT2D eigenvalue weighted by molar-refractivity contribution is 7.92. The van der Waals surface area contributed by atoms with Gasteiger partial charge in [-0.05, 0) is 12.1 Å². The van der Waals surface area contributed by atoms with Gasteiger partial charge in [-0.3, -0.25) is 23.8 Å². The third-order valence-electron chi connectivity index (χ3n) is 3.96. The number of nitrogens with zero attached hydrogens (tertiary/aromatic N) is 3. The number of carbonyl (C=O) groups is 1. The monoisotopic (exact) mass is 435 g/mol. The molecule has 0 aliphatic rings. The molecule has 0 radical (unpaired) electrons. The van der Waals surface area contributed by atoms with Crippen LogP contribution in [0.4, 0.5) is 10.8 Å². The maximum atomic E-state index is 12.1. The fraction of sp³-hybridized carbons (Fsp3) is 0.176. The van der Waals surface area contributed by atoms with Gasteiger partial charge >= 0.3 is 0 Å². The number of nitrogens with one attached hydrogen (secondary N) is 2. The normalized spacial score (nSPS) is 11.2. The van der Waals surface area contributed by atoms with Crippen LogP contribution < -0.4 is 20.7 Å². The number of carbonyl (C=O) groups excluding carboxylic acids is 1. The lowest BCUT2D eigenvalue weighted by molar-refractivity contribution is -0.117. The molecule has 0 atom stereocenters. The van der Waals surface area contributed by atoms with E-state index < -0.39 is 27.0 Å². The largest absolute Gasteiger partial charge is 0.300 e. The summed E-state index contributed by atoms with van der Waals surface area (Å²) in [5.41, 5.74) is 0.875. The molecular formula is C17H17N5O5S2. The van der Waals surface area contributed by atoms with Crippen LogP contribution in [-0.2, 0) is 21.4 Å². The van der Waals surface area contributed by atoms with Crippen LogP contribution >= 0.6 is 11.3 Å². The average Bonchev–Trinajstić information content (AvgIpc) is 3.12. The number of thiazole rings is 1. The molecular weight excluding hydrogens is 418 g/mol. The highest BCUT2D eigenvalue weighted by Gasteiger charge is 2.13. The molecule has 2 heterocycles. The Morgan fingerprint density at radius 2 is 1.90 bits per heavy atom. The molecule has 0 fully saturated rings. The molecule has 0 saturated heterocycles. The summed E-state index contributed by atoms with van der Waals surface area (Å²) in [6.45, 7) is -0.351. The van der Waals surface area contributed by atoms with E-state index in [1.807, 2.05) is 0 Å². The van der Waals surface area contributed by atoms with Crippen LogP contribution in [0.25, 0.3) is 11.3 Å². The standard InChI is InChI=1S/C17H17N5O5S2/c1-21(29(2,26)27)12-5-3-11(4-6-12)13-10-28-17(18-13)19-15(24)9-22-16(25)8-7-14(23)20-22/h3-8,10H,9H2,1-2H3,(H,20,23)(H,18,19,24). The van der Waals surface area contributed by atoms with Crippen LogP contribution in [0, 0.1) is 0 Å². The van der Waals surface area contributed by atoms with Gasteiger partial charge in [0.1, 0.15) is 6.54 Å². The molecule has 1 aromatic carbocycles. The van der Waals surface area contributed by atoms with Crippen molar-refractivity contribution < 1.29 is 13.2 Å². The summed E-state index contributed by atoms with van der Waals surface area (Å²) >= 11 is 1.20. The molecule has 3 aromatic rings. The molecule has 152 valence electrons. The van der Waals surface area contributed by atoms with Crippen LogP contribution in [0.1, 0.15) is 0 Å². The van der Waals surface area contributed by atoms with Gasteiger partial charge in [0.2, 0.25) is 15.9 Å². The molecule has 2 N–H and O–H groups in total. The van der Waals surface area contributed by atoms with Crippen molar-refractivity contribution in [3.8, 4) is 11.3 Å². The van der Waals surface area contributed by atoms with Gasteiger partial charge in [0.25, 0.3) is 11.1 Å². The Bertz CT molecular complexity index is 1260. The number of H-pyrrole nitrogens is 1. The zero-order valence-corrected chi connectivity index (χ0v) is 17.1. The van der Waals surface area contributed by atoms with E-state index in [0.29, 0.717) is 16.5 Å². The van der Waals surface area contributed by atoms with E-state index >= 15 is 0 Å². The fourth-order valence-corrected chi connectivity index (χ4v) is 3.62. The van der Waals surface area contributed by atoms with Crippen LogP contribution in [0.3, 0.4) is 0 Å². The highest BCUT2D eigenvalue weighted by Crippen LogP contribution is 2.27. The van der Waals surface area contributed by atoms with E-state index in [0.717, 1.165) is 28.6 Å². The van der Waals surface area contributed by atoms with Crippen molar-refractivity contribution in [3.63, 3.8) is 0 Å². The van der Waals surface area contributed by atoms with E-state index in [4.69, 9.17) is 0 Å². The fourth-order valence-electron chi connectivity index (χ4n) is 2.38. The summed E-state index contributed by atoms with van der Waals surface area (Å²) in [4.78, 5) is 39.4. The van der Waals surface area contributed by atoms with Crippen molar-refractivity contribution in [2.45, 2.75) is 6.54 Å². The molecule has 10 nitrogen and oxygen atoms in total. The second kappa shape index (κ2) is 8.01. The van der Waals surface area contributed by atoms with E-state index in [1.165, 1.54) is 22.7 Å². The number of hydrogen-bond donors (Lipinski definition) is 2. The molecule has 2 aromatic heterocycles. The zero-order chi connectivity index (χ0) is 21.2. The van der Waals surface area contributed by atoms with Gasteiger partial charge in [0.15, 0.2) is 5.13 Å². The quantitative estimate of drug-likeness (QED) is 0.585. The van der Waals surface area contributed by atoms with Crippen LogP contribution in [0.2, 0.25) is 0 Å². The second-order valence-corrected chi connectivity index (χ2v) is 8.97. The zero-order valence-electron chi connectivity index (χ0n) is 15.4. The molecule has 3 rings (SSSR count). The minimum absolute atomic E-state index is 0.327. The molecule has 0 bridgehead atoms. The summed E-state index contributed by atoms with van der Waals surface area (Å²) < 4.78 is 25.3. The average molecular weight is 435 g/mol. The van der Waals surface area contributed by atoms with Gasteiger partial charge in [0, 0.05) is 30.1 Å². The highest BCUT2D eigenvalue weighted by atomic mass is 32.2. The Hall–Kier alpha value is -3.25. The number of amides is 1. The minimum atomic E-state index is -3.35. The Morgan fingerprint density at radius 3 is 2.55 bits per heavy atom. The Morgan fingerprint density at radius 1 is 1.21 bits per heavy atom. The van der Waals surface area contributed by atoms with Crippen molar-refractivity contribution in [2.75, 3.05) is 22.9 Å². The van der Waals surface area contributed by atoms with Gasteiger partial charge in [-0.1, -0.05) is 12.1 Å². The number of benzene rings is 1. The first-order chi connectivity index (χ1) is 13.6. The third kappa shape index (κ3) is 4.97. The lowest BCUT2D eigenvalue weighted by Crippen LogP contribution is -2.32. The number of aromatic nitrogens is 3. The SMILES string of the molecule is CN(c1ccc(-c2csc(NC(=O)Cn3[nH]c(=O)ccc3=O)n2)cc1)S(C)(=O)=O. The molecule has 0 aliphatic carbocycles. The first kappa shape index (κ1) is 20.5. The van der Waals surface area contributed by atoms with Gasteiger partial charge in [-0.25, -0.2) is 18.1 Å². The first-order valence-corrected chi connectivity index (χ1v) is 11.0. The number of anilines is 2. The predicted molar refractivity (Wildman–Crippen MR) is 111 cm³/mol. The molecule has 1 amide bonds. The molecule has 12 heteroatoms. The summed E-state index contributed by atoms with van der Waals surface area (Å²) in [5, 5.41) is 6.91. The molecule has 0 spiro atoms. The van der Waals surface area contributed by atoms with Crippen LogP contribution in [0.5, 0.6) is 0 Å². The van der Waals surface area contributed by atoms with Gasteiger partial charge in [-0.2, -0.15) is 0 Å². The number of sulfonamides is 1. The predicted octanol–water partition coefficient (Wildman–Crippen LogP) is 0.695. The van der Waals surface area contributed by atoms with E-state index in [9.17, 15) is 22.8 Å². The van der Waals surface area contributed by atoms with Crippen molar-refractivity contribution in [2.24, 2.45) is 0 Å². The van der Waals surface area contributed by atoms with Gasteiger partial charge in [0.05, 0.1) is 17.6 Å². The van der Waals surface area contributed by atoms with Crippen molar-refractivity contribution in [1.29, 1.82) is 0 Å². The Kier molecular flexibility index (Phi) is 5.66. The summed E-state index contributed by atoms with van der Waals surface area (Å²) in [6, 6.07) is 8.94. The van der Waals surface area contributed by atoms with Gasteiger partial charge in [-0.15, -0.1) is 11.3 Å². The third-order valence-corrected chi connectivity index (χ3v) is 5.93. The molecule has 29 heavy (non-hydrogen) atoms. The van der Waals surface area contributed by atoms with E-state index in [-0.39, 0.29) is 6.54 Å². The number of hydrogen-bond acceptors (Lipinski definition) is 7. The maximum Gasteiger partial charge on any atom is 0.265 e. The van der Waals surface area contributed by atoms with E-state index in [1.54, 1.807) is 29.6 Å². The van der Waals surface area contributed by atoms with E-state index in [2.05, 4.69) is 15.4 Å². The number of aromatic amines is 1. The van der Waals surface area contributed by atoms with Crippen molar-refractivity contribution in [3.05, 3.63) is 62.5 Å². The first-order valence-electron chi connectivity index (χ1n) is 8.23. The minimum Gasteiger partial charge on any atom is -0.300 e. The van der Waals surface area contributed by atoms with Crippen molar-refractivity contribution in [1.82, 2.24) is 14.8 Å². The number of rotatable bonds is 6. The summed E-state index contributed by atoms with van der Waals surface area (Å²) in [7, 11) is -1.88. The van der Waals surface area contributed by atoms with Gasteiger partial charge < -0.3 is 5.32 Å². The lowest BCUT2D eigenvalue weighted by Gasteiger charge is -2.16. The van der Waals surface area contributed by atoms with Crippen LogP contribution in [-0.4, -0.2) is 42.4 Å². The lowest BCUT2D eigenvalue weighted by atomic mass is 10.1. The molecule has 0 aliphatic heterocycles. The van der Waals surface area contributed by atoms with Crippen molar-refractivity contribution >= 4 is 38.1 Å². The van der Waals surface area contributed by atoms with Crippen LogP contribution in [0.15, 0.2) is 51.4 Å².